The Labute approximate surface area is 130 Å². The van der Waals surface area contributed by atoms with Crippen molar-refractivity contribution in [3.8, 4) is 0 Å². The Morgan fingerprint density at radius 3 is 2.57 bits per heavy atom. The van der Waals surface area contributed by atoms with E-state index in [0.717, 1.165) is 12.8 Å². The number of carbonyl (C=O) groups is 1. The number of hydrogen-bond donors (Lipinski definition) is 0. The number of nitrogens with zero attached hydrogens (tertiary/aromatic N) is 1. The average molecular weight is 334 g/mol. The van der Waals surface area contributed by atoms with Gasteiger partial charge in [-0.2, -0.15) is 0 Å². The Kier molecular flexibility index (Phi) is 6.64. The third-order valence-corrected chi connectivity index (χ3v) is 4.47. The van der Waals surface area contributed by atoms with Crippen molar-refractivity contribution in [2.45, 2.75) is 31.3 Å². The Hall–Kier alpha value is -1.11. The van der Waals surface area contributed by atoms with E-state index < -0.39 is 9.05 Å². The van der Waals surface area contributed by atoms with Crippen molar-refractivity contribution < 1.29 is 17.9 Å². The molecule has 1 aromatic rings. The molecule has 0 aliphatic rings. The highest BCUT2D eigenvalue weighted by molar-refractivity contribution is 8.13. The van der Waals surface area contributed by atoms with Crippen LogP contribution in [-0.4, -0.2) is 39.9 Å². The summed E-state index contributed by atoms with van der Waals surface area (Å²) in [7, 11) is 4.65. The van der Waals surface area contributed by atoms with E-state index in [1.165, 1.54) is 13.2 Å². The Morgan fingerprint density at radius 2 is 2.05 bits per heavy atom. The molecule has 0 fully saturated rings. The zero-order chi connectivity index (χ0) is 16.0. The molecule has 0 atom stereocenters. The van der Waals surface area contributed by atoms with Gasteiger partial charge < -0.3 is 9.64 Å². The molecule has 0 radical (unpaired) electrons. The van der Waals surface area contributed by atoms with Crippen LogP contribution in [0.2, 0.25) is 0 Å². The van der Waals surface area contributed by atoms with Crippen LogP contribution in [0.25, 0.3) is 0 Å². The van der Waals surface area contributed by atoms with Gasteiger partial charge in [-0.1, -0.05) is 19.4 Å². The lowest BCUT2D eigenvalue weighted by Gasteiger charge is -2.17. The third-order valence-electron chi connectivity index (χ3n) is 3.07. The van der Waals surface area contributed by atoms with Crippen molar-refractivity contribution in [1.29, 1.82) is 0 Å². The number of methoxy groups -OCH3 is 1. The van der Waals surface area contributed by atoms with E-state index in [2.05, 4.69) is 0 Å². The highest BCUT2D eigenvalue weighted by atomic mass is 35.7. The van der Waals surface area contributed by atoms with Crippen molar-refractivity contribution in [3.63, 3.8) is 0 Å². The lowest BCUT2D eigenvalue weighted by atomic mass is 10.1. The SMILES string of the molecule is CCCCN(C)C(=O)c1ccc(COC)c(S(=O)(=O)Cl)c1. The maximum atomic E-state index is 12.3. The number of halogens is 1. The highest BCUT2D eigenvalue weighted by Crippen LogP contribution is 2.23. The Morgan fingerprint density at radius 1 is 1.38 bits per heavy atom. The van der Waals surface area contributed by atoms with Crippen molar-refractivity contribution in [3.05, 3.63) is 29.3 Å². The van der Waals surface area contributed by atoms with Gasteiger partial charge in [-0.15, -0.1) is 0 Å². The second kappa shape index (κ2) is 7.77. The van der Waals surface area contributed by atoms with Crippen LogP contribution in [-0.2, 0) is 20.4 Å². The largest absolute Gasteiger partial charge is 0.380 e. The Bertz CT molecular complexity index is 601. The van der Waals surface area contributed by atoms with Gasteiger partial charge in [0.2, 0.25) is 0 Å². The van der Waals surface area contributed by atoms with Crippen LogP contribution in [0.1, 0.15) is 35.7 Å². The molecule has 0 N–H and O–H groups in total. The van der Waals surface area contributed by atoms with Crippen molar-refractivity contribution in [1.82, 2.24) is 4.90 Å². The first-order valence-electron chi connectivity index (χ1n) is 6.63. The third kappa shape index (κ3) is 4.98. The molecule has 0 saturated heterocycles. The van der Waals surface area contributed by atoms with Crippen LogP contribution in [0.15, 0.2) is 23.1 Å². The van der Waals surface area contributed by atoms with E-state index in [4.69, 9.17) is 15.4 Å². The van der Waals surface area contributed by atoms with Gasteiger partial charge in [0.15, 0.2) is 0 Å². The number of amides is 1. The first-order valence-corrected chi connectivity index (χ1v) is 8.94. The summed E-state index contributed by atoms with van der Waals surface area (Å²) in [5.41, 5.74) is 0.730. The molecule has 1 amide bonds. The van der Waals surface area contributed by atoms with E-state index in [-0.39, 0.29) is 17.4 Å². The number of hydrogen-bond acceptors (Lipinski definition) is 4. The van der Waals surface area contributed by atoms with Crippen molar-refractivity contribution >= 4 is 25.6 Å². The van der Waals surface area contributed by atoms with Gasteiger partial charge in [0.05, 0.1) is 11.5 Å². The van der Waals surface area contributed by atoms with Crippen LogP contribution < -0.4 is 0 Å². The van der Waals surface area contributed by atoms with Gasteiger partial charge in [-0.05, 0) is 24.1 Å². The molecule has 5 nitrogen and oxygen atoms in total. The first kappa shape index (κ1) is 17.9. The normalized spacial score (nSPS) is 11.4. The van der Waals surface area contributed by atoms with Gasteiger partial charge in [-0.25, -0.2) is 8.42 Å². The predicted octanol–water partition coefficient (Wildman–Crippen LogP) is 2.63. The zero-order valence-corrected chi connectivity index (χ0v) is 14.0. The minimum Gasteiger partial charge on any atom is -0.380 e. The molecule has 1 rings (SSSR count). The average Bonchev–Trinajstić information content (AvgIpc) is 2.43. The van der Waals surface area contributed by atoms with Gasteiger partial charge in [0.1, 0.15) is 0 Å². The van der Waals surface area contributed by atoms with E-state index >= 15 is 0 Å². The highest BCUT2D eigenvalue weighted by Gasteiger charge is 2.20. The molecule has 0 unspecified atom stereocenters. The summed E-state index contributed by atoms with van der Waals surface area (Å²) in [6.45, 7) is 2.77. The number of ether oxygens (including phenoxy) is 1. The molecule has 21 heavy (non-hydrogen) atoms. The second-order valence-electron chi connectivity index (χ2n) is 4.77. The second-order valence-corrected chi connectivity index (χ2v) is 7.31. The van der Waals surface area contributed by atoms with Crippen molar-refractivity contribution in [2.24, 2.45) is 0 Å². The van der Waals surface area contributed by atoms with Gasteiger partial charge in [0, 0.05) is 36.9 Å². The predicted molar refractivity (Wildman–Crippen MR) is 82.1 cm³/mol. The monoisotopic (exact) mass is 333 g/mol. The zero-order valence-electron chi connectivity index (χ0n) is 12.4. The molecular formula is C14H20ClNO4S. The summed E-state index contributed by atoms with van der Waals surface area (Å²) in [4.78, 5) is 13.7. The smallest absolute Gasteiger partial charge is 0.261 e. The number of unbranched alkanes of at least 4 members (excludes halogenated alkanes) is 1. The maximum Gasteiger partial charge on any atom is 0.261 e. The minimum absolute atomic E-state index is 0.0826. The van der Waals surface area contributed by atoms with Gasteiger partial charge in [-0.3, -0.25) is 4.79 Å². The van der Waals surface area contributed by atoms with E-state index in [1.807, 2.05) is 6.92 Å². The number of benzene rings is 1. The molecule has 118 valence electrons. The summed E-state index contributed by atoms with van der Waals surface area (Å²) in [6, 6.07) is 4.45. The molecule has 0 aromatic heterocycles. The van der Waals surface area contributed by atoms with Crippen LogP contribution in [0.4, 0.5) is 0 Å². The molecule has 0 saturated carbocycles. The standard InChI is InChI=1S/C14H20ClNO4S/c1-4-5-8-16(2)14(17)11-6-7-12(10-20-3)13(9-11)21(15,18)19/h6-7,9H,4-5,8,10H2,1-3H3. The summed E-state index contributed by atoms with van der Waals surface area (Å²) in [6.07, 6.45) is 1.87. The van der Waals surface area contributed by atoms with E-state index in [1.54, 1.807) is 24.1 Å². The molecule has 0 heterocycles. The first-order chi connectivity index (χ1) is 9.81. The topological polar surface area (TPSA) is 63.7 Å². The maximum absolute atomic E-state index is 12.3. The number of carbonyl (C=O) groups excluding carboxylic acids is 1. The quantitative estimate of drug-likeness (QED) is 0.719. The lowest BCUT2D eigenvalue weighted by molar-refractivity contribution is 0.0793. The summed E-state index contributed by atoms with van der Waals surface area (Å²) >= 11 is 0. The molecule has 1 aromatic carbocycles. The molecule has 0 aliphatic carbocycles. The fourth-order valence-corrected chi connectivity index (χ4v) is 3.05. The van der Waals surface area contributed by atoms with Crippen LogP contribution >= 0.6 is 10.7 Å². The molecule has 0 aliphatic heterocycles. The van der Waals surface area contributed by atoms with Gasteiger partial charge in [0.25, 0.3) is 15.0 Å². The van der Waals surface area contributed by atoms with Crippen LogP contribution in [0.3, 0.4) is 0 Å². The molecule has 7 heteroatoms. The summed E-state index contributed by atoms with van der Waals surface area (Å²) in [5, 5.41) is 0. The fourth-order valence-electron chi connectivity index (χ4n) is 1.91. The van der Waals surface area contributed by atoms with E-state index in [9.17, 15) is 13.2 Å². The van der Waals surface area contributed by atoms with Gasteiger partial charge >= 0.3 is 0 Å². The van der Waals surface area contributed by atoms with E-state index in [0.29, 0.717) is 17.7 Å². The molecular weight excluding hydrogens is 314 g/mol. The van der Waals surface area contributed by atoms with Crippen molar-refractivity contribution in [2.75, 3.05) is 20.7 Å². The fraction of sp³-hybridized carbons (Fsp3) is 0.500. The summed E-state index contributed by atoms with van der Waals surface area (Å²) < 4.78 is 28.2. The summed E-state index contributed by atoms with van der Waals surface area (Å²) in [5.74, 6) is -0.228. The number of rotatable bonds is 7. The minimum atomic E-state index is -3.93. The van der Waals surface area contributed by atoms with Crippen LogP contribution in [0.5, 0.6) is 0 Å². The lowest BCUT2D eigenvalue weighted by Crippen LogP contribution is -2.27. The molecule has 0 spiro atoms. The van der Waals surface area contributed by atoms with Crippen LogP contribution in [0, 0.1) is 0 Å². The molecule has 0 bridgehead atoms. The Balaban J connectivity index is 3.13.